The Hall–Kier alpha value is -4.12. The molecule has 0 fully saturated rings. The van der Waals surface area contributed by atoms with Gasteiger partial charge in [-0.25, -0.2) is 0 Å². The summed E-state index contributed by atoms with van der Waals surface area (Å²) in [4.78, 5) is 25.3. The van der Waals surface area contributed by atoms with Gasteiger partial charge in [0, 0.05) is 11.1 Å². The number of nitrogens with one attached hydrogen (secondary N) is 2. The molecule has 0 heterocycles. The maximum absolute atomic E-state index is 12.8. The number of amides is 2. The highest BCUT2D eigenvalue weighted by molar-refractivity contribution is 5.97. The van der Waals surface area contributed by atoms with E-state index in [-0.39, 0.29) is 24.1 Å². The van der Waals surface area contributed by atoms with Crippen molar-refractivity contribution in [1.82, 2.24) is 10.6 Å². The third-order valence-corrected chi connectivity index (χ3v) is 5.36. The van der Waals surface area contributed by atoms with Gasteiger partial charge >= 0.3 is 0 Å². The lowest BCUT2D eigenvalue weighted by molar-refractivity contribution is -0.120. The number of phenols is 1. The molecule has 4 rings (SSSR count). The van der Waals surface area contributed by atoms with Crippen LogP contribution in [-0.2, 0) is 4.79 Å². The van der Waals surface area contributed by atoms with Gasteiger partial charge in [0.25, 0.3) is 5.91 Å². The van der Waals surface area contributed by atoms with E-state index in [0.717, 1.165) is 21.9 Å². The second-order valence-corrected chi connectivity index (χ2v) is 7.68. The molecule has 5 nitrogen and oxygen atoms in total. The summed E-state index contributed by atoms with van der Waals surface area (Å²) in [5.41, 5.74) is 2.92. The van der Waals surface area contributed by atoms with Crippen LogP contribution in [0.2, 0.25) is 0 Å². The minimum absolute atomic E-state index is 0.0987. The van der Waals surface area contributed by atoms with Crippen LogP contribution < -0.4 is 10.6 Å². The maximum Gasteiger partial charge on any atom is 0.251 e. The van der Waals surface area contributed by atoms with E-state index in [4.69, 9.17) is 0 Å². The number of hydrogen-bond donors (Lipinski definition) is 3. The van der Waals surface area contributed by atoms with Gasteiger partial charge in [0.05, 0.1) is 12.6 Å². The fourth-order valence-electron chi connectivity index (χ4n) is 3.82. The fraction of sp³-hybridized carbons (Fsp3) is 0.111. The van der Waals surface area contributed by atoms with E-state index >= 15 is 0 Å². The minimum Gasteiger partial charge on any atom is -0.508 e. The van der Waals surface area contributed by atoms with Crippen LogP contribution in [0, 0.1) is 6.92 Å². The van der Waals surface area contributed by atoms with Crippen molar-refractivity contribution in [1.29, 1.82) is 0 Å². The Kier molecular flexibility index (Phi) is 6.17. The number of phenolic OH excluding ortho intramolecular Hbond substituents is 1. The molecule has 160 valence electrons. The van der Waals surface area contributed by atoms with Crippen LogP contribution in [-0.4, -0.2) is 23.5 Å². The highest BCUT2D eigenvalue weighted by atomic mass is 16.3. The monoisotopic (exact) mass is 424 g/mol. The molecular weight excluding hydrogens is 400 g/mol. The second kappa shape index (κ2) is 9.35. The lowest BCUT2D eigenvalue weighted by atomic mass is 9.92. The molecule has 0 bridgehead atoms. The van der Waals surface area contributed by atoms with Crippen molar-refractivity contribution >= 4 is 22.6 Å². The standard InChI is InChI=1S/C27H24N2O3/c1-18-8-7-12-21(16-18)27(32)28-17-24(31)29-26(20-10-3-2-4-11-20)25-22-13-6-5-9-19(22)14-15-23(25)30/h2-16,26,30H,17H2,1H3,(H,28,32)(H,29,31). The minimum atomic E-state index is -0.578. The molecule has 0 aliphatic carbocycles. The van der Waals surface area contributed by atoms with Crippen molar-refractivity contribution < 1.29 is 14.7 Å². The molecule has 4 aromatic carbocycles. The van der Waals surface area contributed by atoms with Gasteiger partial charge in [-0.2, -0.15) is 0 Å². The predicted molar refractivity (Wildman–Crippen MR) is 126 cm³/mol. The summed E-state index contributed by atoms with van der Waals surface area (Å²) in [6.07, 6.45) is 0. The number of benzene rings is 4. The number of hydrogen-bond acceptors (Lipinski definition) is 3. The van der Waals surface area contributed by atoms with E-state index in [1.807, 2.05) is 73.7 Å². The first-order valence-electron chi connectivity index (χ1n) is 10.4. The summed E-state index contributed by atoms with van der Waals surface area (Å²) in [7, 11) is 0. The van der Waals surface area contributed by atoms with Gasteiger partial charge in [0.2, 0.25) is 5.91 Å². The molecule has 1 atom stereocenters. The number of aromatic hydroxyl groups is 1. The smallest absolute Gasteiger partial charge is 0.251 e. The topological polar surface area (TPSA) is 78.4 Å². The summed E-state index contributed by atoms with van der Waals surface area (Å²) < 4.78 is 0. The van der Waals surface area contributed by atoms with Crippen LogP contribution in [0.5, 0.6) is 5.75 Å². The summed E-state index contributed by atoms with van der Waals surface area (Å²) in [5, 5.41) is 18.2. The Morgan fingerprint density at radius 1 is 0.875 bits per heavy atom. The van der Waals surface area contributed by atoms with E-state index in [2.05, 4.69) is 10.6 Å². The third-order valence-electron chi connectivity index (χ3n) is 5.36. The molecule has 5 heteroatoms. The molecule has 0 saturated heterocycles. The molecular formula is C27H24N2O3. The molecule has 0 saturated carbocycles. The van der Waals surface area contributed by atoms with Crippen LogP contribution in [0.25, 0.3) is 10.8 Å². The van der Waals surface area contributed by atoms with Gasteiger partial charge in [0.15, 0.2) is 0 Å². The number of rotatable bonds is 6. The van der Waals surface area contributed by atoms with Gasteiger partial charge < -0.3 is 15.7 Å². The van der Waals surface area contributed by atoms with Gasteiger partial charge in [-0.1, -0.05) is 78.4 Å². The number of carbonyl (C=O) groups is 2. The SMILES string of the molecule is Cc1cccc(C(=O)NCC(=O)NC(c2ccccc2)c2c(O)ccc3ccccc23)c1. The lowest BCUT2D eigenvalue weighted by Crippen LogP contribution is -2.39. The molecule has 3 N–H and O–H groups in total. The van der Waals surface area contributed by atoms with Crippen molar-refractivity contribution in [2.45, 2.75) is 13.0 Å². The molecule has 4 aromatic rings. The first-order valence-corrected chi connectivity index (χ1v) is 10.4. The fourth-order valence-corrected chi connectivity index (χ4v) is 3.82. The Labute approximate surface area is 186 Å². The van der Waals surface area contributed by atoms with E-state index in [1.165, 1.54) is 0 Å². The zero-order valence-corrected chi connectivity index (χ0v) is 17.7. The maximum atomic E-state index is 12.8. The van der Waals surface area contributed by atoms with Gasteiger partial charge in [0.1, 0.15) is 5.75 Å². The normalized spacial score (nSPS) is 11.7. The van der Waals surface area contributed by atoms with Crippen molar-refractivity contribution in [2.24, 2.45) is 0 Å². The highest BCUT2D eigenvalue weighted by Crippen LogP contribution is 2.35. The Morgan fingerprint density at radius 3 is 2.41 bits per heavy atom. The third kappa shape index (κ3) is 4.62. The van der Waals surface area contributed by atoms with Crippen LogP contribution in [0.4, 0.5) is 0 Å². The quantitative estimate of drug-likeness (QED) is 0.427. The molecule has 32 heavy (non-hydrogen) atoms. The number of fused-ring (bicyclic) bond motifs is 1. The largest absolute Gasteiger partial charge is 0.508 e. The van der Waals surface area contributed by atoms with E-state index in [9.17, 15) is 14.7 Å². The molecule has 0 aliphatic rings. The Morgan fingerprint density at radius 2 is 1.62 bits per heavy atom. The predicted octanol–water partition coefficient (Wildman–Crippen LogP) is 4.49. The second-order valence-electron chi connectivity index (χ2n) is 7.68. The van der Waals surface area contributed by atoms with Crippen molar-refractivity contribution in [2.75, 3.05) is 6.54 Å². The molecule has 2 amide bonds. The Balaban J connectivity index is 1.60. The summed E-state index contributed by atoms with van der Waals surface area (Å²) in [6.45, 7) is 1.73. The summed E-state index contributed by atoms with van der Waals surface area (Å²) in [5.74, 6) is -0.568. The average molecular weight is 425 g/mol. The Bertz CT molecular complexity index is 1270. The highest BCUT2D eigenvalue weighted by Gasteiger charge is 2.22. The van der Waals surface area contributed by atoms with E-state index in [1.54, 1.807) is 24.3 Å². The average Bonchev–Trinajstić information content (AvgIpc) is 2.82. The van der Waals surface area contributed by atoms with Gasteiger partial charge in [-0.05, 0) is 41.5 Å². The van der Waals surface area contributed by atoms with Crippen molar-refractivity contribution in [3.63, 3.8) is 0 Å². The van der Waals surface area contributed by atoms with Gasteiger partial charge in [-0.3, -0.25) is 9.59 Å². The zero-order valence-electron chi connectivity index (χ0n) is 17.7. The van der Waals surface area contributed by atoms with E-state index < -0.39 is 6.04 Å². The molecule has 0 aliphatic heterocycles. The summed E-state index contributed by atoms with van der Waals surface area (Å²) in [6, 6.07) is 27.3. The van der Waals surface area contributed by atoms with Crippen LogP contribution in [0.3, 0.4) is 0 Å². The first kappa shape index (κ1) is 21.1. The van der Waals surface area contributed by atoms with Crippen molar-refractivity contribution in [3.05, 3.63) is 113 Å². The molecule has 1 unspecified atom stereocenters. The van der Waals surface area contributed by atoms with Crippen LogP contribution in [0.1, 0.15) is 33.1 Å². The zero-order chi connectivity index (χ0) is 22.5. The number of carbonyl (C=O) groups excluding carboxylic acids is 2. The first-order chi connectivity index (χ1) is 15.5. The molecule has 0 spiro atoms. The van der Waals surface area contributed by atoms with Crippen molar-refractivity contribution in [3.8, 4) is 5.75 Å². The van der Waals surface area contributed by atoms with Crippen LogP contribution >= 0.6 is 0 Å². The molecule has 0 aromatic heterocycles. The van der Waals surface area contributed by atoms with E-state index in [0.29, 0.717) is 11.1 Å². The van der Waals surface area contributed by atoms with Crippen LogP contribution in [0.15, 0.2) is 91.0 Å². The van der Waals surface area contributed by atoms with Gasteiger partial charge in [-0.15, -0.1) is 0 Å². The molecule has 0 radical (unpaired) electrons. The lowest BCUT2D eigenvalue weighted by Gasteiger charge is -2.23. The number of aryl methyl sites for hydroxylation is 1. The summed E-state index contributed by atoms with van der Waals surface area (Å²) >= 11 is 0.